The van der Waals surface area contributed by atoms with E-state index in [1.54, 1.807) is 24.5 Å². The van der Waals surface area contributed by atoms with Gasteiger partial charge in [0.1, 0.15) is 6.33 Å². The van der Waals surface area contributed by atoms with Crippen LogP contribution in [0.15, 0.2) is 36.9 Å². The van der Waals surface area contributed by atoms with E-state index in [1.807, 2.05) is 0 Å². The lowest BCUT2D eigenvalue weighted by atomic mass is 10.2. The van der Waals surface area contributed by atoms with Gasteiger partial charge in [-0.1, -0.05) is 6.07 Å². The number of aromatic nitrogens is 3. The van der Waals surface area contributed by atoms with Crippen LogP contribution in [0.3, 0.4) is 0 Å². The average Bonchev–Trinajstić information content (AvgIpc) is 2.19. The minimum Gasteiger partial charge on any atom is -0.244 e. The van der Waals surface area contributed by atoms with E-state index in [9.17, 15) is 4.39 Å². The molecule has 0 aromatic carbocycles. The fraction of sp³-hybridized carbons (Fsp3) is 0. The summed E-state index contributed by atoms with van der Waals surface area (Å²) in [6, 6.07) is 4.61. The molecule has 0 spiro atoms. The molecule has 13 heavy (non-hydrogen) atoms. The largest absolute Gasteiger partial charge is 0.244 e. The van der Waals surface area contributed by atoms with Gasteiger partial charge in [0.25, 0.3) is 0 Å². The second kappa shape index (κ2) is 3.26. The molecule has 0 saturated carbocycles. The first-order valence-electron chi connectivity index (χ1n) is 3.74. The second-order valence-corrected chi connectivity index (χ2v) is 2.47. The Morgan fingerprint density at radius 1 is 1.08 bits per heavy atom. The highest BCUT2D eigenvalue weighted by Crippen LogP contribution is 2.13. The molecule has 0 fully saturated rings. The highest BCUT2D eigenvalue weighted by atomic mass is 19.1. The maximum absolute atomic E-state index is 12.7. The van der Waals surface area contributed by atoms with E-state index in [-0.39, 0.29) is 0 Å². The Hall–Kier alpha value is -1.84. The number of hydrogen-bond acceptors (Lipinski definition) is 3. The molecule has 0 atom stereocenters. The number of nitrogens with zero attached hydrogens (tertiary/aromatic N) is 3. The molecule has 0 aliphatic rings. The zero-order chi connectivity index (χ0) is 9.10. The Morgan fingerprint density at radius 3 is 2.54 bits per heavy atom. The summed E-state index contributed by atoms with van der Waals surface area (Å²) in [6.45, 7) is 0. The number of rotatable bonds is 1. The maximum atomic E-state index is 12.7. The Labute approximate surface area is 74.3 Å². The summed E-state index contributed by atoms with van der Waals surface area (Å²) in [4.78, 5) is 11.3. The fourth-order valence-electron chi connectivity index (χ4n) is 1.00. The first-order chi connectivity index (χ1) is 6.36. The van der Waals surface area contributed by atoms with Gasteiger partial charge < -0.3 is 0 Å². The van der Waals surface area contributed by atoms with Crippen molar-refractivity contribution in [2.24, 2.45) is 0 Å². The monoisotopic (exact) mass is 175 g/mol. The van der Waals surface area contributed by atoms with Gasteiger partial charge in [0.15, 0.2) is 0 Å². The molecular formula is C9H6FN3. The molecule has 0 N–H and O–H groups in total. The summed E-state index contributed by atoms with van der Waals surface area (Å²) in [5, 5.41) is 0. The molecule has 2 rings (SSSR count). The van der Waals surface area contributed by atoms with Gasteiger partial charge in [-0.25, -0.2) is 15.0 Å². The quantitative estimate of drug-likeness (QED) is 0.619. The fourth-order valence-corrected chi connectivity index (χ4v) is 1.00. The molecule has 3 nitrogen and oxygen atoms in total. The summed E-state index contributed by atoms with van der Waals surface area (Å²) >= 11 is 0. The third kappa shape index (κ3) is 1.66. The van der Waals surface area contributed by atoms with Gasteiger partial charge in [0.2, 0.25) is 5.95 Å². The van der Waals surface area contributed by atoms with Crippen LogP contribution in [0.4, 0.5) is 4.39 Å². The number of pyridine rings is 1. The van der Waals surface area contributed by atoms with Crippen LogP contribution in [0.2, 0.25) is 0 Å². The molecular weight excluding hydrogens is 169 g/mol. The van der Waals surface area contributed by atoms with Gasteiger partial charge in [-0.3, -0.25) is 0 Å². The molecule has 0 saturated heterocycles. The van der Waals surface area contributed by atoms with Gasteiger partial charge in [0.05, 0.1) is 5.69 Å². The van der Waals surface area contributed by atoms with Crippen LogP contribution in [-0.4, -0.2) is 15.0 Å². The van der Waals surface area contributed by atoms with Crippen molar-refractivity contribution in [3.05, 3.63) is 42.9 Å². The summed E-state index contributed by atoms with van der Waals surface area (Å²) < 4.78 is 12.7. The second-order valence-electron chi connectivity index (χ2n) is 2.47. The van der Waals surface area contributed by atoms with Crippen LogP contribution in [0.5, 0.6) is 0 Å². The van der Waals surface area contributed by atoms with Crippen molar-refractivity contribution in [2.45, 2.75) is 0 Å². The van der Waals surface area contributed by atoms with Crippen LogP contribution < -0.4 is 0 Å². The molecule has 2 aromatic heterocycles. The summed E-state index contributed by atoms with van der Waals surface area (Å²) in [5.41, 5.74) is 1.25. The van der Waals surface area contributed by atoms with Crippen LogP contribution in [-0.2, 0) is 0 Å². The third-order valence-electron chi connectivity index (χ3n) is 1.57. The highest BCUT2D eigenvalue weighted by Gasteiger charge is 1.99. The molecule has 0 aliphatic heterocycles. The van der Waals surface area contributed by atoms with E-state index >= 15 is 0 Å². The SMILES string of the molecule is Fc1cccc(-c2cncnc2)n1. The van der Waals surface area contributed by atoms with Crippen LogP contribution in [0, 0.1) is 5.95 Å². The van der Waals surface area contributed by atoms with Crippen LogP contribution in [0.1, 0.15) is 0 Å². The normalized spacial score (nSPS) is 9.92. The lowest BCUT2D eigenvalue weighted by Crippen LogP contribution is -1.88. The van der Waals surface area contributed by atoms with E-state index in [2.05, 4.69) is 15.0 Å². The Bertz CT molecular complexity index is 403. The lowest BCUT2D eigenvalue weighted by Gasteiger charge is -1.97. The van der Waals surface area contributed by atoms with Crippen molar-refractivity contribution in [1.82, 2.24) is 15.0 Å². The zero-order valence-electron chi connectivity index (χ0n) is 6.68. The van der Waals surface area contributed by atoms with Crippen molar-refractivity contribution in [3.8, 4) is 11.3 Å². The highest BCUT2D eigenvalue weighted by molar-refractivity contribution is 5.55. The minimum absolute atomic E-state index is 0.499. The first-order valence-corrected chi connectivity index (χ1v) is 3.74. The molecule has 0 amide bonds. The molecule has 0 radical (unpaired) electrons. The molecule has 0 unspecified atom stereocenters. The van der Waals surface area contributed by atoms with Gasteiger partial charge in [0, 0.05) is 18.0 Å². The van der Waals surface area contributed by atoms with E-state index in [0.29, 0.717) is 11.3 Å². The predicted octanol–water partition coefficient (Wildman–Crippen LogP) is 1.68. The van der Waals surface area contributed by atoms with E-state index in [4.69, 9.17) is 0 Å². The Kier molecular flexibility index (Phi) is 1.96. The summed E-state index contributed by atoms with van der Waals surface area (Å²) in [6.07, 6.45) is 4.60. The first kappa shape index (κ1) is 7.79. The van der Waals surface area contributed by atoms with Crippen LogP contribution >= 0.6 is 0 Å². The van der Waals surface area contributed by atoms with Crippen molar-refractivity contribution in [3.63, 3.8) is 0 Å². The topological polar surface area (TPSA) is 38.7 Å². The summed E-state index contributed by atoms with van der Waals surface area (Å²) in [5.74, 6) is -0.499. The maximum Gasteiger partial charge on any atom is 0.213 e. The minimum atomic E-state index is -0.499. The summed E-state index contributed by atoms with van der Waals surface area (Å²) in [7, 11) is 0. The zero-order valence-corrected chi connectivity index (χ0v) is 6.68. The van der Waals surface area contributed by atoms with Gasteiger partial charge in [-0.05, 0) is 12.1 Å². The van der Waals surface area contributed by atoms with Crippen molar-refractivity contribution in [1.29, 1.82) is 0 Å². The Morgan fingerprint density at radius 2 is 1.85 bits per heavy atom. The average molecular weight is 175 g/mol. The molecule has 0 bridgehead atoms. The van der Waals surface area contributed by atoms with Crippen molar-refractivity contribution < 1.29 is 4.39 Å². The van der Waals surface area contributed by atoms with E-state index in [0.717, 1.165) is 0 Å². The lowest BCUT2D eigenvalue weighted by molar-refractivity contribution is 0.585. The standard InChI is InChI=1S/C9H6FN3/c10-9-3-1-2-8(13-9)7-4-11-6-12-5-7/h1-6H. The van der Waals surface area contributed by atoms with Crippen molar-refractivity contribution in [2.75, 3.05) is 0 Å². The van der Waals surface area contributed by atoms with Crippen LogP contribution in [0.25, 0.3) is 11.3 Å². The molecule has 64 valence electrons. The molecule has 2 heterocycles. The third-order valence-corrected chi connectivity index (χ3v) is 1.57. The van der Waals surface area contributed by atoms with Crippen molar-refractivity contribution >= 4 is 0 Å². The molecule has 2 aromatic rings. The van der Waals surface area contributed by atoms with Gasteiger partial charge >= 0.3 is 0 Å². The Balaban J connectivity index is 2.48. The molecule has 0 aliphatic carbocycles. The van der Waals surface area contributed by atoms with E-state index < -0.39 is 5.95 Å². The van der Waals surface area contributed by atoms with E-state index in [1.165, 1.54) is 12.4 Å². The molecule has 4 heteroatoms. The smallest absolute Gasteiger partial charge is 0.213 e. The van der Waals surface area contributed by atoms with Gasteiger partial charge in [-0.15, -0.1) is 0 Å². The number of halogens is 1. The number of hydrogen-bond donors (Lipinski definition) is 0. The van der Waals surface area contributed by atoms with Gasteiger partial charge in [-0.2, -0.15) is 4.39 Å². The predicted molar refractivity (Wildman–Crippen MR) is 45.2 cm³/mol.